The van der Waals surface area contributed by atoms with Crippen LogP contribution in [0.15, 0.2) is 0 Å². The van der Waals surface area contributed by atoms with E-state index in [1.165, 1.54) is 0 Å². The topological polar surface area (TPSA) is 53.0 Å². The van der Waals surface area contributed by atoms with Crippen molar-refractivity contribution in [1.29, 1.82) is 0 Å². The first-order valence-electron chi connectivity index (χ1n) is 7.88. The van der Waals surface area contributed by atoms with Crippen LogP contribution >= 0.6 is 0 Å². The zero-order valence-electron chi connectivity index (χ0n) is 12.6. The number of amides is 1. The molecule has 1 atom stereocenters. The molecular formula is C15H28N2O3. The van der Waals surface area contributed by atoms with E-state index in [0.717, 1.165) is 38.8 Å². The monoisotopic (exact) mass is 284 g/mol. The SMILES string of the molecule is CCC[C@]1(CO)CCCN(CC(=O)N2CCOCC2)C1. The van der Waals surface area contributed by atoms with E-state index in [2.05, 4.69) is 11.8 Å². The van der Waals surface area contributed by atoms with Crippen LogP contribution in [0.2, 0.25) is 0 Å². The second-order valence-electron chi connectivity index (χ2n) is 6.22. The lowest BCUT2D eigenvalue weighted by Crippen LogP contribution is -2.51. The van der Waals surface area contributed by atoms with E-state index in [1.807, 2.05) is 4.90 Å². The van der Waals surface area contributed by atoms with E-state index in [0.29, 0.717) is 32.8 Å². The van der Waals surface area contributed by atoms with Crippen LogP contribution in [0.4, 0.5) is 0 Å². The Kier molecular flexibility index (Phi) is 5.81. The third kappa shape index (κ3) is 3.93. The third-order valence-corrected chi connectivity index (χ3v) is 4.58. The Hall–Kier alpha value is -0.650. The highest BCUT2D eigenvalue weighted by Crippen LogP contribution is 2.34. The lowest BCUT2D eigenvalue weighted by Gasteiger charge is -2.42. The zero-order valence-corrected chi connectivity index (χ0v) is 12.6. The lowest BCUT2D eigenvalue weighted by molar-refractivity contribution is -0.137. The Labute approximate surface area is 121 Å². The molecule has 2 rings (SSSR count). The Morgan fingerprint density at radius 2 is 2.05 bits per heavy atom. The van der Waals surface area contributed by atoms with Gasteiger partial charge in [0.2, 0.25) is 5.91 Å². The number of ether oxygens (including phenoxy) is 1. The Morgan fingerprint density at radius 3 is 2.70 bits per heavy atom. The Balaban J connectivity index is 1.86. The molecule has 5 heteroatoms. The van der Waals surface area contributed by atoms with E-state index in [9.17, 15) is 9.90 Å². The zero-order chi connectivity index (χ0) is 14.4. The first-order valence-corrected chi connectivity index (χ1v) is 7.88. The Bertz CT molecular complexity index is 314. The molecule has 2 saturated heterocycles. The summed E-state index contributed by atoms with van der Waals surface area (Å²) in [6.07, 6.45) is 4.30. The molecule has 2 aliphatic heterocycles. The van der Waals surface area contributed by atoms with Crippen LogP contribution in [0.5, 0.6) is 0 Å². The van der Waals surface area contributed by atoms with Crippen molar-refractivity contribution in [1.82, 2.24) is 9.80 Å². The molecule has 0 aromatic heterocycles. The molecule has 2 aliphatic rings. The molecule has 2 fully saturated rings. The van der Waals surface area contributed by atoms with Gasteiger partial charge in [-0.15, -0.1) is 0 Å². The highest BCUT2D eigenvalue weighted by atomic mass is 16.5. The molecule has 0 aromatic rings. The minimum absolute atomic E-state index is 0.0122. The van der Waals surface area contributed by atoms with E-state index in [1.54, 1.807) is 0 Å². The number of likely N-dealkylation sites (tertiary alicyclic amines) is 1. The summed E-state index contributed by atoms with van der Waals surface area (Å²) in [5, 5.41) is 9.73. The molecule has 2 heterocycles. The van der Waals surface area contributed by atoms with Crippen molar-refractivity contribution in [2.24, 2.45) is 5.41 Å². The fraction of sp³-hybridized carbons (Fsp3) is 0.933. The normalized spacial score (nSPS) is 28.6. The molecule has 1 amide bonds. The van der Waals surface area contributed by atoms with Gasteiger partial charge in [-0.3, -0.25) is 9.69 Å². The van der Waals surface area contributed by atoms with Crippen molar-refractivity contribution in [3.63, 3.8) is 0 Å². The molecule has 5 nitrogen and oxygen atoms in total. The van der Waals surface area contributed by atoms with Crippen molar-refractivity contribution >= 4 is 5.91 Å². The average molecular weight is 284 g/mol. The van der Waals surface area contributed by atoms with Crippen molar-refractivity contribution < 1.29 is 14.6 Å². The molecule has 0 spiro atoms. The fourth-order valence-electron chi connectivity index (χ4n) is 3.49. The van der Waals surface area contributed by atoms with Crippen LogP contribution in [-0.4, -0.2) is 73.4 Å². The van der Waals surface area contributed by atoms with Gasteiger partial charge in [0.1, 0.15) is 0 Å². The van der Waals surface area contributed by atoms with Gasteiger partial charge in [0.15, 0.2) is 0 Å². The van der Waals surface area contributed by atoms with Crippen LogP contribution in [0.25, 0.3) is 0 Å². The number of carbonyl (C=O) groups is 1. The molecule has 116 valence electrons. The third-order valence-electron chi connectivity index (χ3n) is 4.58. The standard InChI is InChI=1S/C15H28N2O3/c1-2-4-15(13-18)5-3-6-16(12-15)11-14(19)17-7-9-20-10-8-17/h18H,2-13H2,1H3/t15-/m0/s1. The van der Waals surface area contributed by atoms with Gasteiger partial charge in [-0.25, -0.2) is 0 Å². The van der Waals surface area contributed by atoms with Crippen molar-refractivity contribution in [3.8, 4) is 0 Å². The van der Waals surface area contributed by atoms with Crippen molar-refractivity contribution in [2.45, 2.75) is 32.6 Å². The van der Waals surface area contributed by atoms with E-state index < -0.39 is 0 Å². The number of hydrogen-bond donors (Lipinski definition) is 1. The second-order valence-corrected chi connectivity index (χ2v) is 6.22. The van der Waals surface area contributed by atoms with Gasteiger partial charge in [-0.1, -0.05) is 13.3 Å². The summed E-state index contributed by atoms with van der Waals surface area (Å²) in [7, 11) is 0. The second kappa shape index (κ2) is 7.38. The van der Waals surface area contributed by atoms with Crippen molar-refractivity contribution in [3.05, 3.63) is 0 Å². The van der Waals surface area contributed by atoms with Gasteiger partial charge in [0, 0.05) is 31.7 Å². The number of aliphatic hydroxyl groups excluding tert-OH is 1. The van der Waals surface area contributed by atoms with E-state index in [4.69, 9.17) is 4.74 Å². The maximum absolute atomic E-state index is 12.3. The van der Waals surface area contributed by atoms with Gasteiger partial charge >= 0.3 is 0 Å². The predicted molar refractivity (Wildman–Crippen MR) is 77.5 cm³/mol. The lowest BCUT2D eigenvalue weighted by atomic mass is 9.77. The number of rotatable bonds is 5. The molecule has 20 heavy (non-hydrogen) atoms. The number of morpholine rings is 1. The van der Waals surface area contributed by atoms with Gasteiger partial charge in [0.05, 0.1) is 19.8 Å². The number of piperidine rings is 1. The van der Waals surface area contributed by atoms with E-state index in [-0.39, 0.29) is 17.9 Å². The van der Waals surface area contributed by atoms with Crippen LogP contribution in [-0.2, 0) is 9.53 Å². The first kappa shape index (κ1) is 15.7. The summed E-state index contributed by atoms with van der Waals surface area (Å²) in [6, 6.07) is 0. The Morgan fingerprint density at radius 1 is 1.30 bits per heavy atom. The predicted octanol–water partition coefficient (Wildman–Crippen LogP) is 0.720. The van der Waals surface area contributed by atoms with Crippen molar-refractivity contribution in [2.75, 3.05) is 52.5 Å². The van der Waals surface area contributed by atoms with Gasteiger partial charge < -0.3 is 14.7 Å². The summed E-state index contributed by atoms with van der Waals surface area (Å²) >= 11 is 0. The molecule has 0 radical (unpaired) electrons. The van der Waals surface area contributed by atoms with Crippen LogP contribution in [0.3, 0.4) is 0 Å². The summed E-state index contributed by atoms with van der Waals surface area (Å²) < 4.78 is 5.28. The van der Waals surface area contributed by atoms with Gasteiger partial charge in [0.25, 0.3) is 0 Å². The van der Waals surface area contributed by atoms with Gasteiger partial charge in [-0.05, 0) is 25.8 Å². The summed E-state index contributed by atoms with van der Waals surface area (Å²) in [4.78, 5) is 16.4. The highest BCUT2D eigenvalue weighted by molar-refractivity contribution is 5.78. The molecule has 0 aliphatic carbocycles. The minimum Gasteiger partial charge on any atom is -0.396 e. The van der Waals surface area contributed by atoms with E-state index >= 15 is 0 Å². The first-order chi connectivity index (χ1) is 9.69. The summed E-state index contributed by atoms with van der Waals surface area (Å²) in [6.45, 7) is 7.46. The number of hydrogen-bond acceptors (Lipinski definition) is 4. The molecule has 1 N–H and O–H groups in total. The smallest absolute Gasteiger partial charge is 0.236 e. The maximum Gasteiger partial charge on any atom is 0.236 e. The summed E-state index contributed by atoms with van der Waals surface area (Å²) in [5.74, 6) is 0.207. The average Bonchev–Trinajstić information content (AvgIpc) is 2.49. The number of nitrogens with zero attached hydrogens (tertiary/aromatic N) is 2. The molecular weight excluding hydrogens is 256 g/mol. The van der Waals surface area contributed by atoms with Crippen LogP contribution in [0.1, 0.15) is 32.6 Å². The number of aliphatic hydroxyl groups is 1. The summed E-state index contributed by atoms with van der Waals surface area (Å²) in [5.41, 5.74) is 0.0122. The largest absolute Gasteiger partial charge is 0.396 e. The quantitative estimate of drug-likeness (QED) is 0.808. The molecule has 0 unspecified atom stereocenters. The van der Waals surface area contributed by atoms with Crippen LogP contribution < -0.4 is 0 Å². The number of carbonyl (C=O) groups excluding carboxylic acids is 1. The maximum atomic E-state index is 12.3. The minimum atomic E-state index is 0.0122. The fourth-order valence-corrected chi connectivity index (χ4v) is 3.49. The molecule has 0 bridgehead atoms. The molecule has 0 saturated carbocycles. The molecule has 0 aromatic carbocycles. The van der Waals surface area contributed by atoms with Crippen LogP contribution in [0, 0.1) is 5.41 Å². The highest BCUT2D eigenvalue weighted by Gasteiger charge is 2.35. The van der Waals surface area contributed by atoms with Gasteiger partial charge in [-0.2, -0.15) is 0 Å².